The quantitative estimate of drug-likeness (QED) is 0.509. The molecule has 0 aliphatic heterocycles. The first kappa shape index (κ1) is 19.8. The molecule has 0 saturated carbocycles. The average molecular weight is 424 g/mol. The number of aromatic nitrogens is 4. The Morgan fingerprint density at radius 2 is 1.97 bits per heavy atom. The first-order valence-electron chi connectivity index (χ1n) is 9.22. The van der Waals surface area contributed by atoms with Crippen LogP contribution in [0.25, 0.3) is 21.3 Å². The molecule has 2 N–H and O–H groups in total. The summed E-state index contributed by atoms with van der Waals surface area (Å²) in [6, 6.07) is 7.31. The van der Waals surface area contributed by atoms with Crippen molar-refractivity contribution in [1.29, 1.82) is 0 Å². The molecule has 0 fully saturated rings. The minimum Gasteiger partial charge on any atom is -0.466 e. The number of carbonyl (C=O) groups is 2. The van der Waals surface area contributed by atoms with Crippen molar-refractivity contribution in [2.45, 2.75) is 20.8 Å². The van der Waals surface area contributed by atoms with Gasteiger partial charge in [-0.1, -0.05) is 11.3 Å². The van der Waals surface area contributed by atoms with Gasteiger partial charge in [0.25, 0.3) is 5.91 Å². The molecule has 2 amide bonds. The molecule has 0 radical (unpaired) electrons. The second-order valence-corrected chi connectivity index (χ2v) is 7.96. The number of fused-ring (bicyclic) bond motifs is 2. The molecule has 0 unspecified atom stereocenters. The lowest BCUT2D eigenvalue weighted by Gasteiger charge is -2.06. The van der Waals surface area contributed by atoms with Crippen LogP contribution in [0.3, 0.4) is 0 Å². The highest BCUT2D eigenvalue weighted by Gasteiger charge is 2.16. The molecule has 9 nitrogen and oxygen atoms in total. The van der Waals surface area contributed by atoms with Gasteiger partial charge in [-0.05, 0) is 43.7 Å². The minimum absolute atomic E-state index is 0.178. The van der Waals surface area contributed by atoms with Crippen LogP contribution in [0.2, 0.25) is 0 Å². The standard InChI is InChI=1S/C20H20N6O3S/c1-10-7-11(2)21-18-17(10)19(25-26(18)4)29-9-16(28)23-13-5-6-14-15(8-13)30-20(24-14)22-12(3)27/h5-8H,9H2,1-4H3,(H,23,28)(H,22,24,27). The fourth-order valence-electron chi connectivity index (χ4n) is 3.19. The van der Waals surface area contributed by atoms with Crippen LogP contribution in [0, 0.1) is 13.8 Å². The summed E-state index contributed by atoms with van der Waals surface area (Å²) in [6.45, 7) is 5.14. The van der Waals surface area contributed by atoms with E-state index in [1.807, 2.05) is 26.0 Å². The largest absolute Gasteiger partial charge is 0.466 e. The maximum absolute atomic E-state index is 12.4. The van der Waals surface area contributed by atoms with E-state index >= 15 is 0 Å². The molecule has 3 heterocycles. The van der Waals surface area contributed by atoms with Crippen LogP contribution in [-0.4, -0.2) is 38.2 Å². The summed E-state index contributed by atoms with van der Waals surface area (Å²) in [7, 11) is 1.79. The maximum Gasteiger partial charge on any atom is 0.262 e. The van der Waals surface area contributed by atoms with E-state index in [4.69, 9.17) is 4.74 Å². The topological polar surface area (TPSA) is 111 Å². The third kappa shape index (κ3) is 3.94. The molecule has 10 heteroatoms. The number of benzene rings is 1. The average Bonchev–Trinajstić information content (AvgIpc) is 3.19. The number of amides is 2. The van der Waals surface area contributed by atoms with Crippen molar-refractivity contribution in [2.24, 2.45) is 7.05 Å². The zero-order valence-electron chi connectivity index (χ0n) is 16.9. The molecule has 4 rings (SSSR count). The van der Waals surface area contributed by atoms with E-state index in [1.54, 1.807) is 23.9 Å². The van der Waals surface area contributed by atoms with E-state index in [2.05, 4.69) is 25.7 Å². The van der Waals surface area contributed by atoms with Gasteiger partial charge in [0.2, 0.25) is 11.8 Å². The predicted octanol–water partition coefficient (Wildman–Crippen LogP) is 3.17. The zero-order valence-corrected chi connectivity index (χ0v) is 17.8. The van der Waals surface area contributed by atoms with E-state index < -0.39 is 0 Å². The lowest BCUT2D eigenvalue weighted by molar-refractivity contribution is -0.118. The lowest BCUT2D eigenvalue weighted by Crippen LogP contribution is -2.20. The smallest absolute Gasteiger partial charge is 0.262 e. The molecular weight excluding hydrogens is 404 g/mol. The summed E-state index contributed by atoms with van der Waals surface area (Å²) >= 11 is 1.34. The molecule has 154 valence electrons. The minimum atomic E-state index is -0.308. The Morgan fingerprint density at radius 3 is 2.73 bits per heavy atom. The van der Waals surface area contributed by atoms with E-state index in [0.717, 1.165) is 26.9 Å². The van der Waals surface area contributed by atoms with Crippen LogP contribution in [0.1, 0.15) is 18.2 Å². The van der Waals surface area contributed by atoms with Crippen LogP contribution in [0.15, 0.2) is 24.3 Å². The van der Waals surface area contributed by atoms with E-state index in [9.17, 15) is 9.59 Å². The number of ether oxygens (including phenoxy) is 1. The molecule has 0 bridgehead atoms. The number of rotatable bonds is 5. The second kappa shape index (κ2) is 7.71. The van der Waals surface area contributed by atoms with Crippen LogP contribution in [-0.2, 0) is 16.6 Å². The summed E-state index contributed by atoms with van der Waals surface area (Å²) in [6.07, 6.45) is 0. The third-order valence-corrected chi connectivity index (χ3v) is 5.32. The number of anilines is 2. The van der Waals surface area contributed by atoms with Crippen molar-refractivity contribution >= 4 is 55.2 Å². The molecule has 1 aromatic carbocycles. The normalized spacial score (nSPS) is 11.1. The number of pyridine rings is 1. The Hall–Kier alpha value is -3.53. The van der Waals surface area contributed by atoms with Gasteiger partial charge in [-0.15, -0.1) is 5.10 Å². The number of aryl methyl sites for hydroxylation is 3. The van der Waals surface area contributed by atoms with Crippen molar-refractivity contribution in [3.05, 3.63) is 35.5 Å². The third-order valence-electron chi connectivity index (χ3n) is 4.38. The van der Waals surface area contributed by atoms with Crippen molar-refractivity contribution < 1.29 is 14.3 Å². The van der Waals surface area contributed by atoms with Gasteiger partial charge in [-0.3, -0.25) is 9.59 Å². The van der Waals surface area contributed by atoms with Crippen molar-refractivity contribution in [3.8, 4) is 5.88 Å². The van der Waals surface area contributed by atoms with Crippen LogP contribution < -0.4 is 15.4 Å². The number of thiazole rings is 1. The molecule has 4 aromatic rings. The van der Waals surface area contributed by atoms with Gasteiger partial charge in [-0.25, -0.2) is 14.6 Å². The highest BCUT2D eigenvalue weighted by molar-refractivity contribution is 7.22. The number of hydrogen-bond donors (Lipinski definition) is 2. The molecule has 0 aliphatic rings. The zero-order chi connectivity index (χ0) is 21.4. The SMILES string of the molecule is CC(=O)Nc1nc2ccc(NC(=O)COc3nn(C)c4nc(C)cc(C)c34)cc2s1. The van der Waals surface area contributed by atoms with Gasteiger partial charge in [-0.2, -0.15) is 0 Å². The highest BCUT2D eigenvalue weighted by Crippen LogP contribution is 2.29. The van der Waals surface area contributed by atoms with Crippen LogP contribution >= 0.6 is 11.3 Å². The predicted molar refractivity (Wildman–Crippen MR) is 116 cm³/mol. The van der Waals surface area contributed by atoms with Gasteiger partial charge < -0.3 is 15.4 Å². The maximum atomic E-state index is 12.4. The molecule has 0 saturated heterocycles. The van der Waals surface area contributed by atoms with E-state index in [1.165, 1.54) is 18.3 Å². The summed E-state index contributed by atoms with van der Waals surface area (Å²) in [5.41, 5.74) is 3.97. The first-order valence-corrected chi connectivity index (χ1v) is 10.0. The van der Waals surface area contributed by atoms with Gasteiger partial charge in [0.05, 0.1) is 15.6 Å². The summed E-state index contributed by atoms with van der Waals surface area (Å²) in [4.78, 5) is 32.4. The molecule has 30 heavy (non-hydrogen) atoms. The Balaban J connectivity index is 1.46. The van der Waals surface area contributed by atoms with E-state index in [0.29, 0.717) is 22.3 Å². The molecule has 0 spiro atoms. The number of nitrogens with zero attached hydrogens (tertiary/aromatic N) is 4. The summed E-state index contributed by atoms with van der Waals surface area (Å²) in [5.74, 6) is -0.106. The number of nitrogens with one attached hydrogen (secondary N) is 2. The highest BCUT2D eigenvalue weighted by atomic mass is 32.1. The first-order chi connectivity index (χ1) is 14.3. The van der Waals surface area contributed by atoms with Gasteiger partial charge in [0.1, 0.15) is 0 Å². The summed E-state index contributed by atoms with van der Waals surface area (Å²) in [5, 5.41) is 11.1. The van der Waals surface area contributed by atoms with Gasteiger partial charge in [0, 0.05) is 25.4 Å². The van der Waals surface area contributed by atoms with Crippen molar-refractivity contribution in [1.82, 2.24) is 19.7 Å². The van der Waals surface area contributed by atoms with Crippen LogP contribution in [0.5, 0.6) is 5.88 Å². The number of hydrogen-bond acceptors (Lipinski definition) is 7. The Labute approximate surface area is 176 Å². The molecule has 0 atom stereocenters. The Morgan fingerprint density at radius 1 is 1.17 bits per heavy atom. The van der Waals surface area contributed by atoms with Crippen molar-refractivity contribution in [2.75, 3.05) is 17.2 Å². The second-order valence-electron chi connectivity index (χ2n) is 6.93. The monoisotopic (exact) mass is 424 g/mol. The summed E-state index contributed by atoms with van der Waals surface area (Å²) < 4.78 is 8.19. The van der Waals surface area contributed by atoms with Gasteiger partial charge in [0.15, 0.2) is 17.4 Å². The lowest BCUT2D eigenvalue weighted by atomic mass is 10.2. The molecule has 3 aromatic heterocycles. The fourth-order valence-corrected chi connectivity index (χ4v) is 4.14. The van der Waals surface area contributed by atoms with Crippen LogP contribution in [0.4, 0.5) is 10.8 Å². The van der Waals surface area contributed by atoms with Gasteiger partial charge >= 0.3 is 0 Å². The van der Waals surface area contributed by atoms with Crippen molar-refractivity contribution in [3.63, 3.8) is 0 Å². The molecular formula is C20H20N6O3S. The fraction of sp³-hybridized carbons (Fsp3) is 0.250. The van der Waals surface area contributed by atoms with E-state index in [-0.39, 0.29) is 18.4 Å². The Kier molecular flexibility index (Phi) is 5.08. The number of carbonyl (C=O) groups excluding carboxylic acids is 2. The molecule has 0 aliphatic carbocycles. The Bertz CT molecular complexity index is 1290.